The Hall–Kier alpha value is -2.58. The Balaban J connectivity index is 1.85. The van der Waals surface area contributed by atoms with Crippen LogP contribution < -0.4 is 14.2 Å². The van der Waals surface area contributed by atoms with Crippen molar-refractivity contribution >= 4 is 27.0 Å². The Morgan fingerprint density at radius 2 is 1.61 bits per heavy atom. The van der Waals surface area contributed by atoms with Gasteiger partial charge in [0.05, 0.1) is 25.2 Å². The highest BCUT2D eigenvalue weighted by Gasteiger charge is 2.11. The predicted molar refractivity (Wildman–Crippen MR) is 114 cm³/mol. The van der Waals surface area contributed by atoms with E-state index in [1.807, 2.05) is 49.6 Å². The van der Waals surface area contributed by atoms with Gasteiger partial charge in [0.2, 0.25) is 10.0 Å². The standard InChI is InChI=1S/C20H22N2O4S2/c1-4-25-18-11-8-15(12-19(18)26-5-2)20-21-17(13-27-20)14-6-9-16(10-7-14)22-28(3,23)24/h6-13,22H,4-5H2,1-3H3. The minimum absolute atomic E-state index is 0.523. The van der Waals surface area contributed by atoms with E-state index in [1.165, 1.54) is 11.3 Å². The van der Waals surface area contributed by atoms with Crippen LogP contribution in [0.25, 0.3) is 21.8 Å². The first kappa shape index (κ1) is 20.2. The first-order valence-corrected chi connectivity index (χ1v) is 11.6. The number of nitrogens with one attached hydrogen (secondary N) is 1. The molecule has 0 atom stereocenters. The zero-order valence-electron chi connectivity index (χ0n) is 15.9. The van der Waals surface area contributed by atoms with Gasteiger partial charge in [-0.1, -0.05) is 12.1 Å². The third-order valence-corrected chi connectivity index (χ3v) is 5.28. The molecule has 8 heteroatoms. The number of nitrogens with zero attached hydrogens (tertiary/aromatic N) is 1. The summed E-state index contributed by atoms with van der Waals surface area (Å²) in [6.07, 6.45) is 1.13. The second kappa shape index (κ2) is 8.62. The molecule has 0 amide bonds. The van der Waals surface area contributed by atoms with E-state index in [9.17, 15) is 8.42 Å². The van der Waals surface area contributed by atoms with Gasteiger partial charge in [-0.3, -0.25) is 4.72 Å². The van der Waals surface area contributed by atoms with Gasteiger partial charge < -0.3 is 9.47 Å². The minimum Gasteiger partial charge on any atom is -0.490 e. The van der Waals surface area contributed by atoms with Crippen LogP contribution in [-0.4, -0.2) is 32.9 Å². The molecule has 0 bridgehead atoms. The van der Waals surface area contributed by atoms with E-state index in [0.717, 1.165) is 33.8 Å². The van der Waals surface area contributed by atoms with Crippen LogP contribution in [0.3, 0.4) is 0 Å². The van der Waals surface area contributed by atoms with Crippen molar-refractivity contribution in [2.24, 2.45) is 0 Å². The number of aromatic nitrogens is 1. The first-order chi connectivity index (χ1) is 13.4. The van der Waals surface area contributed by atoms with Gasteiger partial charge in [-0.2, -0.15) is 0 Å². The number of thiazole rings is 1. The zero-order valence-corrected chi connectivity index (χ0v) is 17.6. The highest BCUT2D eigenvalue weighted by Crippen LogP contribution is 2.35. The third-order valence-electron chi connectivity index (χ3n) is 3.78. The van der Waals surface area contributed by atoms with Crippen LogP contribution in [0.5, 0.6) is 11.5 Å². The van der Waals surface area contributed by atoms with E-state index in [0.29, 0.717) is 24.7 Å². The molecule has 6 nitrogen and oxygen atoms in total. The van der Waals surface area contributed by atoms with Crippen molar-refractivity contribution in [2.45, 2.75) is 13.8 Å². The predicted octanol–water partition coefficient (Wildman–Crippen LogP) is 4.65. The van der Waals surface area contributed by atoms with Crippen LogP contribution in [0.1, 0.15) is 13.8 Å². The van der Waals surface area contributed by atoms with Crippen LogP contribution in [-0.2, 0) is 10.0 Å². The second-order valence-electron chi connectivity index (χ2n) is 6.02. The Kier molecular flexibility index (Phi) is 6.21. The van der Waals surface area contributed by atoms with E-state index >= 15 is 0 Å². The fraction of sp³-hybridized carbons (Fsp3) is 0.250. The SMILES string of the molecule is CCOc1ccc(-c2nc(-c3ccc(NS(C)(=O)=O)cc3)cs2)cc1OCC. The third kappa shape index (κ3) is 5.02. The maximum Gasteiger partial charge on any atom is 0.229 e. The van der Waals surface area contributed by atoms with Gasteiger partial charge in [0.15, 0.2) is 11.5 Å². The summed E-state index contributed by atoms with van der Waals surface area (Å²) in [5.41, 5.74) is 3.23. The summed E-state index contributed by atoms with van der Waals surface area (Å²) in [6.45, 7) is 5.01. The van der Waals surface area contributed by atoms with Gasteiger partial charge in [0, 0.05) is 22.2 Å². The van der Waals surface area contributed by atoms with Crippen LogP contribution in [0.2, 0.25) is 0 Å². The lowest BCUT2D eigenvalue weighted by Crippen LogP contribution is -2.09. The van der Waals surface area contributed by atoms with Crippen LogP contribution in [0.15, 0.2) is 47.8 Å². The zero-order chi connectivity index (χ0) is 20.1. The van der Waals surface area contributed by atoms with E-state index < -0.39 is 10.0 Å². The lowest BCUT2D eigenvalue weighted by Gasteiger charge is -2.11. The summed E-state index contributed by atoms with van der Waals surface area (Å²) in [7, 11) is -3.29. The molecule has 0 radical (unpaired) electrons. The van der Waals surface area contributed by atoms with Crippen LogP contribution in [0.4, 0.5) is 5.69 Å². The molecule has 148 valence electrons. The Bertz CT molecular complexity index is 1040. The van der Waals surface area contributed by atoms with Crippen LogP contribution >= 0.6 is 11.3 Å². The molecule has 0 saturated carbocycles. The molecule has 1 aromatic heterocycles. The molecule has 2 aromatic carbocycles. The summed E-state index contributed by atoms with van der Waals surface area (Å²) in [4.78, 5) is 4.72. The number of anilines is 1. The fourth-order valence-corrected chi connectivity index (χ4v) is 4.04. The molecule has 0 spiro atoms. The molecule has 28 heavy (non-hydrogen) atoms. The molecule has 0 fully saturated rings. The highest BCUT2D eigenvalue weighted by molar-refractivity contribution is 7.92. The molecule has 3 rings (SSSR count). The van der Waals surface area contributed by atoms with E-state index in [2.05, 4.69) is 4.72 Å². The normalized spacial score (nSPS) is 11.2. The van der Waals surface area contributed by atoms with Crippen molar-refractivity contribution in [1.29, 1.82) is 0 Å². The highest BCUT2D eigenvalue weighted by atomic mass is 32.2. The molecule has 0 aliphatic rings. The lowest BCUT2D eigenvalue weighted by atomic mass is 10.1. The van der Waals surface area contributed by atoms with Gasteiger partial charge in [0.25, 0.3) is 0 Å². The van der Waals surface area contributed by atoms with Gasteiger partial charge >= 0.3 is 0 Å². The molecule has 1 heterocycles. The molecular weight excluding hydrogens is 396 g/mol. The van der Waals surface area contributed by atoms with Gasteiger partial charge in [-0.15, -0.1) is 11.3 Å². The number of hydrogen-bond acceptors (Lipinski definition) is 6. The largest absolute Gasteiger partial charge is 0.490 e. The maximum absolute atomic E-state index is 11.3. The maximum atomic E-state index is 11.3. The number of sulfonamides is 1. The molecule has 0 aliphatic carbocycles. The smallest absolute Gasteiger partial charge is 0.229 e. The van der Waals surface area contributed by atoms with E-state index in [4.69, 9.17) is 14.5 Å². The van der Waals surface area contributed by atoms with Crippen molar-refractivity contribution < 1.29 is 17.9 Å². The summed E-state index contributed by atoms with van der Waals surface area (Å²) in [6, 6.07) is 12.9. The summed E-state index contributed by atoms with van der Waals surface area (Å²) >= 11 is 1.54. The first-order valence-electron chi connectivity index (χ1n) is 8.83. The van der Waals surface area contributed by atoms with E-state index in [-0.39, 0.29) is 0 Å². The average Bonchev–Trinajstić information content (AvgIpc) is 3.13. The van der Waals surface area contributed by atoms with Crippen LogP contribution in [0, 0.1) is 0 Å². The number of ether oxygens (including phenoxy) is 2. The Morgan fingerprint density at radius 3 is 2.25 bits per heavy atom. The number of rotatable bonds is 8. The van der Waals surface area contributed by atoms with Crippen molar-refractivity contribution in [3.8, 4) is 33.3 Å². The van der Waals surface area contributed by atoms with Gasteiger partial charge in [-0.25, -0.2) is 13.4 Å². The minimum atomic E-state index is -3.29. The van der Waals surface area contributed by atoms with Gasteiger partial charge in [0.1, 0.15) is 5.01 Å². The second-order valence-corrected chi connectivity index (χ2v) is 8.62. The quantitative estimate of drug-likeness (QED) is 0.576. The monoisotopic (exact) mass is 418 g/mol. The van der Waals surface area contributed by atoms with Crippen molar-refractivity contribution in [3.05, 3.63) is 47.8 Å². The van der Waals surface area contributed by atoms with Crippen molar-refractivity contribution in [2.75, 3.05) is 24.2 Å². The topological polar surface area (TPSA) is 77.5 Å². The molecule has 0 aliphatic heterocycles. The van der Waals surface area contributed by atoms with Crippen molar-refractivity contribution in [1.82, 2.24) is 4.98 Å². The summed E-state index contributed by atoms with van der Waals surface area (Å²) < 4.78 is 36.4. The van der Waals surface area contributed by atoms with Gasteiger partial charge in [-0.05, 0) is 44.2 Å². The lowest BCUT2D eigenvalue weighted by molar-refractivity contribution is 0.288. The Morgan fingerprint density at radius 1 is 0.964 bits per heavy atom. The number of hydrogen-bond donors (Lipinski definition) is 1. The molecular formula is C20H22N2O4S2. The molecule has 3 aromatic rings. The number of benzene rings is 2. The molecule has 1 N–H and O–H groups in total. The molecule has 0 saturated heterocycles. The summed E-state index contributed by atoms with van der Waals surface area (Å²) in [5, 5.41) is 2.85. The Labute approximate surface area is 169 Å². The summed E-state index contributed by atoms with van der Waals surface area (Å²) in [5.74, 6) is 1.42. The van der Waals surface area contributed by atoms with Crippen molar-refractivity contribution in [3.63, 3.8) is 0 Å². The van der Waals surface area contributed by atoms with E-state index in [1.54, 1.807) is 12.1 Å². The average molecular weight is 419 g/mol. The fourth-order valence-electron chi connectivity index (χ4n) is 2.65. The molecule has 0 unspecified atom stereocenters.